The number of carbonyl (C=O) groups excluding carboxylic acids is 2. The lowest BCUT2D eigenvalue weighted by molar-refractivity contribution is -0.125. The molecule has 2 N–H and O–H groups in total. The molecular formula is C29H29N3O3. The van der Waals surface area contributed by atoms with Crippen LogP contribution in [0.5, 0.6) is 0 Å². The minimum absolute atomic E-state index is 0.139. The van der Waals surface area contributed by atoms with Crippen LogP contribution in [0.25, 0.3) is 22.2 Å². The van der Waals surface area contributed by atoms with Crippen molar-refractivity contribution in [3.05, 3.63) is 95.1 Å². The number of para-hydroxylation sites is 1. The van der Waals surface area contributed by atoms with Crippen molar-refractivity contribution in [2.24, 2.45) is 0 Å². The number of nitrogens with one attached hydrogen (secondary N) is 2. The fourth-order valence-electron chi connectivity index (χ4n) is 4.98. The van der Waals surface area contributed by atoms with Gasteiger partial charge in [-0.05, 0) is 37.1 Å². The summed E-state index contributed by atoms with van der Waals surface area (Å²) < 4.78 is 5.07. The molecule has 3 aromatic carbocycles. The molecule has 2 unspecified atom stereocenters. The summed E-state index contributed by atoms with van der Waals surface area (Å²) in [6.07, 6.45) is 0. The predicted octanol–water partition coefficient (Wildman–Crippen LogP) is 4.84. The maximum absolute atomic E-state index is 13.7. The summed E-state index contributed by atoms with van der Waals surface area (Å²) in [5.41, 5.74) is 6.71. The van der Waals surface area contributed by atoms with Gasteiger partial charge in [0.05, 0.1) is 18.3 Å². The van der Waals surface area contributed by atoms with E-state index < -0.39 is 12.1 Å². The minimum Gasteiger partial charge on any atom is -0.383 e. The number of benzene rings is 3. The van der Waals surface area contributed by atoms with Gasteiger partial charge in [0.15, 0.2) is 0 Å². The second-order valence-electron chi connectivity index (χ2n) is 8.99. The van der Waals surface area contributed by atoms with Crippen LogP contribution in [-0.2, 0) is 9.53 Å². The van der Waals surface area contributed by atoms with E-state index in [0.717, 1.165) is 33.3 Å². The zero-order chi connectivity index (χ0) is 24.5. The van der Waals surface area contributed by atoms with E-state index in [1.807, 2.05) is 42.5 Å². The molecular weight excluding hydrogens is 438 g/mol. The molecule has 0 spiro atoms. The van der Waals surface area contributed by atoms with E-state index in [9.17, 15) is 9.59 Å². The van der Waals surface area contributed by atoms with Gasteiger partial charge in [-0.1, -0.05) is 66.2 Å². The molecule has 0 saturated heterocycles. The van der Waals surface area contributed by atoms with Crippen molar-refractivity contribution >= 4 is 22.7 Å². The van der Waals surface area contributed by atoms with E-state index in [1.54, 1.807) is 18.9 Å². The summed E-state index contributed by atoms with van der Waals surface area (Å²) in [5, 5.41) is 3.93. The van der Waals surface area contributed by atoms with Crippen LogP contribution in [0.15, 0.2) is 72.8 Å². The summed E-state index contributed by atoms with van der Waals surface area (Å²) >= 11 is 0. The Morgan fingerprint density at radius 3 is 2.54 bits per heavy atom. The first-order chi connectivity index (χ1) is 17.0. The van der Waals surface area contributed by atoms with Crippen molar-refractivity contribution in [2.45, 2.75) is 25.9 Å². The number of nitrogens with zero attached hydrogens (tertiary/aromatic N) is 1. The van der Waals surface area contributed by atoms with Crippen LogP contribution in [0.2, 0.25) is 0 Å². The molecule has 178 valence electrons. The lowest BCUT2D eigenvalue weighted by atomic mass is 9.92. The van der Waals surface area contributed by atoms with Crippen LogP contribution in [0.3, 0.4) is 0 Å². The molecule has 6 nitrogen and oxygen atoms in total. The Hall–Kier alpha value is -3.90. The fourth-order valence-corrected chi connectivity index (χ4v) is 4.98. The third-order valence-electron chi connectivity index (χ3n) is 6.76. The molecule has 2 heterocycles. The van der Waals surface area contributed by atoms with Crippen molar-refractivity contribution in [3.63, 3.8) is 0 Å². The number of aryl methyl sites for hydroxylation is 1. The van der Waals surface area contributed by atoms with Crippen LogP contribution in [0.1, 0.15) is 40.0 Å². The van der Waals surface area contributed by atoms with Crippen molar-refractivity contribution in [1.29, 1.82) is 0 Å². The van der Waals surface area contributed by atoms with Gasteiger partial charge in [0.2, 0.25) is 5.91 Å². The van der Waals surface area contributed by atoms with Crippen molar-refractivity contribution < 1.29 is 14.3 Å². The van der Waals surface area contributed by atoms with Crippen LogP contribution in [0.4, 0.5) is 0 Å². The highest BCUT2D eigenvalue weighted by Gasteiger charge is 2.44. The highest BCUT2D eigenvalue weighted by atomic mass is 16.5. The summed E-state index contributed by atoms with van der Waals surface area (Å²) in [4.78, 5) is 32.1. The number of ether oxygens (including phenoxy) is 1. The quantitative estimate of drug-likeness (QED) is 0.382. The average Bonchev–Trinajstić information content (AvgIpc) is 3.39. The number of hydrogen-bond acceptors (Lipinski definition) is 3. The molecule has 0 bridgehead atoms. The Bertz CT molecular complexity index is 1390. The minimum atomic E-state index is -0.670. The molecule has 1 aromatic heterocycles. The Labute approximate surface area is 204 Å². The topological polar surface area (TPSA) is 74.4 Å². The van der Waals surface area contributed by atoms with Gasteiger partial charge in [-0.2, -0.15) is 0 Å². The fraction of sp³-hybridized carbons (Fsp3) is 0.241. The molecule has 6 heteroatoms. The number of carbonyl (C=O) groups is 2. The normalized spacial score (nSPS) is 15.9. The summed E-state index contributed by atoms with van der Waals surface area (Å²) in [5.74, 6) is -0.343. The van der Waals surface area contributed by atoms with E-state index in [2.05, 4.69) is 47.6 Å². The van der Waals surface area contributed by atoms with Gasteiger partial charge in [-0.25, -0.2) is 0 Å². The van der Waals surface area contributed by atoms with Gasteiger partial charge in [0, 0.05) is 35.7 Å². The zero-order valence-electron chi connectivity index (χ0n) is 20.2. The van der Waals surface area contributed by atoms with E-state index in [0.29, 0.717) is 18.7 Å². The summed E-state index contributed by atoms with van der Waals surface area (Å²) in [7, 11) is 1.59. The number of H-pyrrole nitrogens is 1. The Kier molecular flexibility index (Phi) is 6.14. The molecule has 1 aliphatic rings. The van der Waals surface area contributed by atoms with Crippen molar-refractivity contribution in [1.82, 2.24) is 15.2 Å². The summed E-state index contributed by atoms with van der Waals surface area (Å²) in [6.45, 7) is 4.66. The smallest absolute Gasteiger partial charge is 0.255 e. The second kappa shape index (κ2) is 9.39. The average molecular weight is 468 g/mol. The first kappa shape index (κ1) is 22.9. The number of amides is 2. The highest BCUT2D eigenvalue weighted by Crippen LogP contribution is 2.46. The predicted molar refractivity (Wildman–Crippen MR) is 137 cm³/mol. The zero-order valence-corrected chi connectivity index (χ0v) is 20.2. The van der Waals surface area contributed by atoms with Gasteiger partial charge in [-0.15, -0.1) is 0 Å². The largest absolute Gasteiger partial charge is 0.383 e. The van der Waals surface area contributed by atoms with E-state index in [-0.39, 0.29) is 11.8 Å². The van der Waals surface area contributed by atoms with Gasteiger partial charge in [0.1, 0.15) is 6.04 Å². The Balaban J connectivity index is 1.69. The van der Waals surface area contributed by atoms with E-state index >= 15 is 0 Å². The molecule has 4 aromatic rings. The van der Waals surface area contributed by atoms with Crippen LogP contribution in [0, 0.1) is 6.92 Å². The van der Waals surface area contributed by atoms with Gasteiger partial charge in [-0.3, -0.25) is 9.59 Å². The maximum atomic E-state index is 13.7. The number of aromatic amines is 1. The first-order valence-corrected chi connectivity index (χ1v) is 11.9. The van der Waals surface area contributed by atoms with E-state index in [1.165, 1.54) is 5.56 Å². The standard InChI is InChI=1S/C29H29N3O3/c1-18-12-14-20(15-13-18)26-25(23-10-6-7-11-24(23)31-26)27-21-8-4-5-9-22(21)29(34)32(27)19(2)28(33)30-16-17-35-3/h4-15,19,27,31H,16-17H2,1-3H3,(H,30,33). The van der Waals surface area contributed by atoms with Gasteiger partial charge < -0.3 is 19.9 Å². The Morgan fingerprint density at radius 2 is 1.77 bits per heavy atom. The molecule has 1 aliphatic heterocycles. The van der Waals surface area contributed by atoms with Crippen molar-refractivity contribution in [3.8, 4) is 11.3 Å². The molecule has 2 amide bonds. The molecule has 0 fully saturated rings. The number of aromatic nitrogens is 1. The third kappa shape index (κ3) is 4.00. The van der Waals surface area contributed by atoms with Crippen LogP contribution < -0.4 is 5.32 Å². The third-order valence-corrected chi connectivity index (χ3v) is 6.76. The maximum Gasteiger partial charge on any atom is 0.255 e. The first-order valence-electron chi connectivity index (χ1n) is 11.9. The van der Waals surface area contributed by atoms with E-state index in [4.69, 9.17) is 4.74 Å². The molecule has 0 aliphatic carbocycles. The molecule has 0 radical (unpaired) electrons. The highest BCUT2D eigenvalue weighted by molar-refractivity contribution is 6.04. The van der Waals surface area contributed by atoms with Crippen molar-refractivity contribution in [2.75, 3.05) is 20.3 Å². The number of hydrogen-bond donors (Lipinski definition) is 2. The lowest BCUT2D eigenvalue weighted by Gasteiger charge is -2.31. The molecule has 2 atom stereocenters. The van der Waals surface area contributed by atoms with Gasteiger partial charge >= 0.3 is 0 Å². The summed E-state index contributed by atoms with van der Waals surface area (Å²) in [6, 6.07) is 23.1. The SMILES string of the molecule is COCCNC(=O)C(C)N1C(=O)c2ccccc2C1c1c(-c2ccc(C)cc2)[nH]c2ccccc12. The second-order valence-corrected chi connectivity index (χ2v) is 8.99. The number of rotatable bonds is 7. The molecule has 35 heavy (non-hydrogen) atoms. The van der Waals surface area contributed by atoms with Crippen LogP contribution >= 0.6 is 0 Å². The Morgan fingerprint density at radius 1 is 1.06 bits per heavy atom. The number of fused-ring (bicyclic) bond motifs is 2. The lowest BCUT2D eigenvalue weighted by Crippen LogP contribution is -2.47. The monoisotopic (exact) mass is 467 g/mol. The van der Waals surface area contributed by atoms with Gasteiger partial charge in [0.25, 0.3) is 5.91 Å². The molecule has 5 rings (SSSR count). The molecule has 0 saturated carbocycles. The van der Waals surface area contributed by atoms with Crippen LogP contribution in [-0.4, -0.2) is 48.0 Å². The number of methoxy groups -OCH3 is 1.